The number of benzene rings is 2. The zero-order chi connectivity index (χ0) is 14.1. The van der Waals surface area contributed by atoms with E-state index in [-0.39, 0.29) is 5.43 Å². The summed E-state index contributed by atoms with van der Waals surface area (Å²) in [6.07, 6.45) is 0. The van der Waals surface area contributed by atoms with Crippen LogP contribution in [0.5, 0.6) is 0 Å². The summed E-state index contributed by atoms with van der Waals surface area (Å²) in [5.41, 5.74) is 8.37. The quantitative estimate of drug-likeness (QED) is 0.699. The van der Waals surface area contributed by atoms with Gasteiger partial charge < -0.3 is 15.5 Å². The monoisotopic (exact) mass is 266 g/mol. The van der Waals surface area contributed by atoms with Gasteiger partial charge in [-0.3, -0.25) is 4.79 Å². The van der Waals surface area contributed by atoms with Gasteiger partial charge in [0.15, 0.2) is 5.43 Å². The number of hydrogen-bond donors (Lipinski definition) is 2. The third-order valence-corrected chi connectivity index (χ3v) is 3.25. The van der Waals surface area contributed by atoms with Crippen LogP contribution in [0.2, 0.25) is 0 Å². The van der Waals surface area contributed by atoms with Crippen LogP contribution in [0.1, 0.15) is 0 Å². The first kappa shape index (κ1) is 12.3. The molecule has 1 heterocycles. The van der Waals surface area contributed by atoms with Crippen molar-refractivity contribution in [1.82, 2.24) is 0 Å². The topological polar surface area (TPSA) is 68.3 Å². The summed E-state index contributed by atoms with van der Waals surface area (Å²) in [6, 6.07) is 14.4. The van der Waals surface area contributed by atoms with Gasteiger partial charge in [-0.25, -0.2) is 0 Å². The van der Waals surface area contributed by atoms with E-state index < -0.39 is 0 Å². The van der Waals surface area contributed by atoms with E-state index >= 15 is 0 Å². The van der Waals surface area contributed by atoms with Gasteiger partial charge in [-0.05, 0) is 24.3 Å². The normalized spacial score (nSPS) is 10.7. The molecule has 3 aromatic rings. The molecule has 100 valence electrons. The zero-order valence-corrected chi connectivity index (χ0v) is 11.0. The van der Waals surface area contributed by atoms with Gasteiger partial charge in [0.2, 0.25) is 0 Å². The highest BCUT2D eigenvalue weighted by atomic mass is 16.3. The summed E-state index contributed by atoms with van der Waals surface area (Å²) in [4.78, 5) is 12.2. The molecule has 0 unspecified atom stereocenters. The summed E-state index contributed by atoms with van der Waals surface area (Å²) >= 11 is 0. The van der Waals surface area contributed by atoms with Crippen LogP contribution in [0.4, 0.5) is 11.4 Å². The molecule has 0 aliphatic heterocycles. The summed E-state index contributed by atoms with van der Waals surface area (Å²) in [6.45, 7) is 0. The molecule has 4 heteroatoms. The van der Waals surface area contributed by atoms with Crippen molar-refractivity contribution in [2.24, 2.45) is 0 Å². The van der Waals surface area contributed by atoms with Crippen LogP contribution in [0.15, 0.2) is 57.7 Å². The van der Waals surface area contributed by atoms with Crippen LogP contribution in [0.25, 0.3) is 22.3 Å². The number of nitrogens with two attached hydrogens (primary N) is 1. The van der Waals surface area contributed by atoms with Crippen molar-refractivity contribution in [2.75, 3.05) is 18.1 Å². The number of para-hydroxylation sites is 1. The Morgan fingerprint density at radius 2 is 1.90 bits per heavy atom. The van der Waals surface area contributed by atoms with Crippen LogP contribution in [0, 0.1) is 0 Å². The molecule has 3 rings (SSSR count). The van der Waals surface area contributed by atoms with Crippen molar-refractivity contribution in [3.8, 4) is 11.3 Å². The SMILES string of the molecule is CNc1ccccc1-c1cc(=O)c2c(N)cccc2o1. The van der Waals surface area contributed by atoms with Crippen molar-refractivity contribution in [3.63, 3.8) is 0 Å². The van der Waals surface area contributed by atoms with Gasteiger partial charge in [-0.2, -0.15) is 0 Å². The van der Waals surface area contributed by atoms with E-state index in [0.29, 0.717) is 22.4 Å². The lowest BCUT2D eigenvalue weighted by Crippen LogP contribution is -2.04. The van der Waals surface area contributed by atoms with E-state index in [2.05, 4.69) is 5.32 Å². The maximum absolute atomic E-state index is 12.2. The predicted molar refractivity (Wildman–Crippen MR) is 81.9 cm³/mol. The highest BCUT2D eigenvalue weighted by molar-refractivity contribution is 5.90. The highest BCUT2D eigenvalue weighted by Crippen LogP contribution is 2.29. The molecular weight excluding hydrogens is 252 g/mol. The number of nitrogen functional groups attached to an aromatic ring is 1. The van der Waals surface area contributed by atoms with Gasteiger partial charge in [0, 0.05) is 30.1 Å². The van der Waals surface area contributed by atoms with Gasteiger partial charge >= 0.3 is 0 Å². The minimum atomic E-state index is -0.134. The van der Waals surface area contributed by atoms with Gasteiger partial charge in [0.25, 0.3) is 0 Å². The predicted octanol–water partition coefficient (Wildman–Crippen LogP) is 3.08. The zero-order valence-electron chi connectivity index (χ0n) is 11.0. The Labute approximate surface area is 115 Å². The lowest BCUT2D eigenvalue weighted by atomic mass is 10.1. The van der Waals surface area contributed by atoms with Gasteiger partial charge in [0.1, 0.15) is 11.3 Å². The van der Waals surface area contributed by atoms with Crippen LogP contribution in [-0.2, 0) is 0 Å². The third-order valence-electron chi connectivity index (χ3n) is 3.25. The van der Waals surface area contributed by atoms with Gasteiger partial charge in [-0.15, -0.1) is 0 Å². The molecule has 0 atom stereocenters. The maximum atomic E-state index is 12.2. The molecular formula is C16H14N2O2. The van der Waals surface area contributed by atoms with Crippen LogP contribution >= 0.6 is 0 Å². The van der Waals surface area contributed by atoms with E-state index in [4.69, 9.17) is 10.2 Å². The molecule has 0 amide bonds. The minimum absolute atomic E-state index is 0.134. The summed E-state index contributed by atoms with van der Waals surface area (Å²) in [7, 11) is 1.83. The van der Waals surface area contributed by atoms with Crippen molar-refractivity contribution >= 4 is 22.3 Å². The van der Waals surface area contributed by atoms with Crippen molar-refractivity contribution in [3.05, 3.63) is 58.8 Å². The average Bonchev–Trinajstić information content (AvgIpc) is 2.47. The maximum Gasteiger partial charge on any atom is 0.195 e. The molecule has 2 aromatic carbocycles. The molecule has 1 aromatic heterocycles. The molecule has 0 bridgehead atoms. The Bertz CT molecular complexity index is 837. The Morgan fingerprint density at radius 3 is 2.70 bits per heavy atom. The van der Waals surface area contributed by atoms with E-state index in [1.165, 1.54) is 6.07 Å². The molecule has 0 saturated carbocycles. The number of hydrogen-bond acceptors (Lipinski definition) is 4. The van der Waals surface area contributed by atoms with E-state index in [9.17, 15) is 4.79 Å². The van der Waals surface area contributed by atoms with E-state index in [1.54, 1.807) is 18.2 Å². The fourth-order valence-electron chi connectivity index (χ4n) is 2.28. The first-order valence-corrected chi connectivity index (χ1v) is 6.30. The number of rotatable bonds is 2. The number of fused-ring (bicyclic) bond motifs is 1. The Morgan fingerprint density at radius 1 is 1.10 bits per heavy atom. The van der Waals surface area contributed by atoms with Crippen molar-refractivity contribution in [2.45, 2.75) is 0 Å². The van der Waals surface area contributed by atoms with Gasteiger partial charge in [0.05, 0.1) is 5.39 Å². The highest BCUT2D eigenvalue weighted by Gasteiger charge is 2.11. The Balaban J connectivity index is 2.31. The Kier molecular flexibility index (Phi) is 2.91. The molecule has 0 aliphatic rings. The lowest BCUT2D eigenvalue weighted by Gasteiger charge is -2.09. The molecule has 20 heavy (non-hydrogen) atoms. The molecule has 0 saturated heterocycles. The number of anilines is 2. The summed E-state index contributed by atoms with van der Waals surface area (Å²) < 4.78 is 5.83. The second-order valence-corrected chi connectivity index (χ2v) is 4.49. The third kappa shape index (κ3) is 1.91. The van der Waals surface area contributed by atoms with Crippen molar-refractivity contribution in [1.29, 1.82) is 0 Å². The average molecular weight is 266 g/mol. The smallest absolute Gasteiger partial charge is 0.195 e. The fraction of sp³-hybridized carbons (Fsp3) is 0.0625. The minimum Gasteiger partial charge on any atom is -0.456 e. The first-order valence-electron chi connectivity index (χ1n) is 6.30. The Hall–Kier alpha value is -2.75. The van der Waals surface area contributed by atoms with E-state index in [0.717, 1.165) is 11.3 Å². The fourth-order valence-corrected chi connectivity index (χ4v) is 2.28. The summed E-state index contributed by atoms with van der Waals surface area (Å²) in [5, 5.41) is 3.52. The largest absolute Gasteiger partial charge is 0.456 e. The van der Waals surface area contributed by atoms with Gasteiger partial charge in [-0.1, -0.05) is 18.2 Å². The summed E-state index contributed by atoms with van der Waals surface area (Å²) in [5.74, 6) is 0.526. The van der Waals surface area contributed by atoms with Crippen molar-refractivity contribution < 1.29 is 4.42 Å². The van der Waals surface area contributed by atoms with E-state index in [1.807, 2.05) is 31.3 Å². The molecule has 4 nitrogen and oxygen atoms in total. The lowest BCUT2D eigenvalue weighted by molar-refractivity contribution is 0.619. The second kappa shape index (κ2) is 4.74. The molecule has 3 N–H and O–H groups in total. The second-order valence-electron chi connectivity index (χ2n) is 4.49. The molecule has 0 spiro atoms. The number of nitrogens with one attached hydrogen (secondary N) is 1. The standard InChI is InChI=1S/C16H14N2O2/c1-18-12-7-3-2-5-10(12)15-9-13(19)16-11(17)6-4-8-14(16)20-15/h2-9,18H,17H2,1H3. The van der Waals surface area contributed by atoms with Crippen LogP contribution in [0.3, 0.4) is 0 Å². The molecule has 0 fully saturated rings. The first-order chi connectivity index (χ1) is 9.70. The van der Waals surface area contributed by atoms with Crippen LogP contribution < -0.4 is 16.5 Å². The molecule has 0 aliphatic carbocycles. The van der Waals surface area contributed by atoms with Crippen LogP contribution in [-0.4, -0.2) is 7.05 Å². The molecule has 0 radical (unpaired) electrons.